The molecule has 0 aliphatic rings. The molecule has 6 heteroatoms. The van der Waals surface area contributed by atoms with E-state index >= 15 is 0 Å². The van der Waals surface area contributed by atoms with E-state index in [9.17, 15) is 9.59 Å². The monoisotopic (exact) mass is 406 g/mol. The van der Waals surface area contributed by atoms with Crippen LogP contribution >= 0.6 is 11.6 Å². The third-order valence-corrected chi connectivity index (χ3v) is 4.47. The van der Waals surface area contributed by atoms with E-state index in [0.717, 1.165) is 5.56 Å². The van der Waals surface area contributed by atoms with Crippen molar-refractivity contribution >= 4 is 28.5 Å². The van der Waals surface area contributed by atoms with Crippen LogP contribution in [0, 0.1) is 6.92 Å². The van der Waals surface area contributed by atoms with Crippen molar-refractivity contribution < 1.29 is 18.7 Å². The van der Waals surface area contributed by atoms with E-state index in [2.05, 4.69) is 0 Å². The summed E-state index contributed by atoms with van der Waals surface area (Å²) in [6, 6.07) is 18.3. The molecule has 0 fully saturated rings. The Morgan fingerprint density at radius 1 is 0.966 bits per heavy atom. The van der Waals surface area contributed by atoms with Gasteiger partial charge in [-0.2, -0.15) is 0 Å². The summed E-state index contributed by atoms with van der Waals surface area (Å²) in [6.07, 6.45) is 1.25. The fourth-order valence-corrected chi connectivity index (χ4v) is 2.91. The Labute approximate surface area is 171 Å². The van der Waals surface area contributed by atoms with Crippen LogP contribution in [0.5, 0.6) is 17.2 Å². The molecule has 5 nitrogen and oxygen atoms in total. The van der Waals surface area contributed by atoms with Gasteiger partial charge in [-0.1, -0.05) is 23.7 Å². The number of carbonyl (C=O) groups is 1. The number of halogens is 1. The lowest BCUT2D eigenvalue weighted by molar-refractivity contribution is 0.0735. The van der Waals surface area contributed by atoms with E-state index in [0.29, 0.717) is 21.7 Å². The van der Waals surface area contributed by atoms with Gasteiger partial charge in [0.2, 0.25) is 11.2 Å². The van der Waals surface area contributed by atoms with Crippen LogP contribution in [-0.4, -0.2) is 5.97 Å². The van der Waals surface area contributed by atoms with Gasteiger partial charge in [0, 0.05) is 11.1 Å². The van der Waals surface area contributed by atoms with Crippen molar-refractivity contribution in [3.63, 3.8) is 0 Å². The van der Waals surface area contributed by atoms with Gasteiger partial charge in [-0.25, -0.2) is 4.79 Å². The molecule has 0 unspecified atom stereocenters. The average Bonchev–Trinajstić information content (AvgIpc) is 2.71. The summed E-state index contributed by atoms with van der Waals surface area (Å²) in [5.74, 6) is 0.342. The number of aryl methyl sites for hydroxylation is 1. The van der Waals surface area contributed by atoms with Gasteiger partial charge in [0.1, 0.15) is 23.3 Å². The van der Waals surface area contributed by atoms with E-state index in [1.165, 1.54) is 24.5 Å². The summed E-state index contributed by atoms with van der Waals surface area (Å²) in [4.78, 5) is 24.9. The lowest BCUT2D eigenvalue weighted by Gasteiger charge is -2.08. The van der Waals surface area contributed by atoms with Crippen LogP contribution in [0.3, 0.4) is 0 Å². The molecule has 0 saturated carbocycles. The van der Waals surface area contributed by atoms with Crippen LogP contribution in [0.25, 0.3) is 11.0 Å². The Morgan fingerprint density at radius 2 is 1.76 bits per heavy atom. The number of carbonyl (C=O) groups excluding carboxylic acids is 1. The first-order valence-corrected chi connectivity index (χ1v) is 9.15. The number of hydrogen-bond acceptors (Lipinski definition) is 5. The number of rotatable bonds is 4. The Morgan fingerprint density at radius 3 is 2.52 bits per heavy atom. The van der Waals surface area contributed by atoms with E-state index in [4.69, 9.17) is 25.5 Å². The Hall–Kier alpha value is -3.57. The molecule has 0 spiro atoms. The maximum absolute atomic E-state index is 12.7. The highest BCUT2D eigenvalue weighted by molar-refractivity contribution is 6.30. The maximum Gasteiger partial charge on any atom is 0.343 e. The number of hydrogen-bond donors (Lipinski definition) is 0. The van der Waals surface area contributed by atoms with E-state index in [-0.39, 0.29) is 22.5 Å². The second kappa shape index (κ2) is 7.81. The highest BCUT2D eigenvalue weighted by Crippen LogP contribution is 2.25. The predicted octanol–water partition coefficient (Wildman–Crippen LogP) is 5.77. The molecule has 3 aromatic carbocycles. The van der Waals surface area contributed by atoms with Crippen molar-refractivity contribution in [1.29, 1.82) is 0 Å². The summed E-state index contributed by atoms with van der Waals surface area (Å²) in [6.45, 7) is 1.93. The first-order chi connectivity index (χ1) is 14.0. The Balaban J connectivity index is 1.59. The van der Waals surface area contributed by atoms with Gasteiger partial charge in [-0.05, 0) is 61.0 Å². The zero-order valence-electron chi connectivity index (χ0n) is 15.3. The molecule has 1 heterocycles. The van der Waals surface area contributed by atoms with Crippen LogP contribution in [0.15, 0.2) is 82.2 Å². The smallest absolute Gasteiger partial charge is 0.343 e. The van der Waals surface area contributed by atoms with Gasteiger partial charge in [0.25, 0.3) is 0 Å². The summed E-state index contributed by atoms with van der Waals surface area (Å²) < 4.78 is 16.5. The highest BCUT2D eigenvalue weighted by Gasteiger charge is 2.13. The average molecular weight is 407 g/mol. The van der Waals surface area contributed by atoms with E-state index in [1.54, 1.807) is 30.3 Å². The van der Waals surface area contributed by atoms with Crippen LogP contribution < -0.4 is 14.9 Å². The summed E-state index contributed by atoms with van der Waals surface area (Å²) >= 11 is 5.82. The van der Waals surface area contributed by atoms with Crippen LogP contribution in [0.4, 0.5) is 0 Å². The number of benzene rings is 3. The molecule has 29 heavy (non-hydrogen) atoms. The quantitative estimate of drug-likeness (QED) is 0.318. The molecule has 0 bridgehead atoms. The van der Waals surface area contributed by atoms with Gasteiger partial charge in [-0.3, -0.25) is 4.79 Å². The first-order valence-electron chi connectivity index (χ1n) is 8.77. The van der Waals surface area contributed by atoms with Crippen LogP contribution in [0.2, 0.25) is 5.02 Å². The van der Waals surface area contributed by atoms with Crippen LogP contribution in [-0.2, 0) is 0 Å². The van der Waals surface area contributed by atoms with Gasteiger partial charge < -0.3 is 13.9 Å². The third-order valence-electron chi connectivity index (χ3n) is 4.22. The fourth-order valence-electron chi connectivity index (χ4n) is 2.78. The molecule has 0 aliphatic heterocycles. The molecule has 4 aromatic rings. The maximum atomic E-state index is 12.7. The zero-order valence-corrected chi connectivity index (χ0v) is 16.1. The van der Waals surface area contributed by atoms with Crippen molar-refractivity contribution in [2.45, 2.75) is 6.92 Å². The number of esters is 1. The molecule has 0 atom stereocenters. The Bertz CT molecular complexity index is 1260. The molecule has 4 rings (SSSR count). The second-order valence-electron chi connectivity index (χ2n) is 6.40. The topological polar surface area (TPSA) is 65.7 Å². The number of fused-ring (bicyclic) bond motifs is 1. The summed E-state index contributed by atoms with van der Waals surface area (Å²) in [5.41, 5.74) is 1.34. The van der Waals surface area contributed by atoms with Crippen molar-refractivity contribution in [2.24, 2.45) is 0 Å². The van der Waals surface area contributed by atoms with Gasteiger partial charge in [0.05, 0.1) is 10.9 Å². The van der Waals surface area contributed by atoms with E-state index in [1.807, 2.05) is 25.1 Å². The van der Waals surface area contributed by atoms with Gasteiger partial charge in [-0.15, -0.1) is 0 Å². The highest BCUT2D eigenvalue weighted by atomic mass is 35.5. The largest absolute Gasteiger partial charge is 0.460 e. The lowest BCUT2D eigenvalue weighted by atomic mass is 10.2. The molecule has 144 valence electrons. The minimum Gasteiger partial charge on any atom is -0.460 e. The normalized spacial score (nSPS) is 10.7. The predicted molar refractivity (Wildman–Crippen MR) is 110 cm³/mol. The van der Waals surface area contributed by atoms with Crippen LogP contribution in [0.1, 0.15) is 15.9 Å². The van der Waals surface area contributed by atoms with Crippen molar-refractivity contribution in [2.75, 3.05) is 0 Å². The fraction of sp³-hybridized carbons (Fsp3) is 0.0435. The second-order valence-corrected chi connectivity index (χ2v) is 6.84. The minimum atomic E-state index is -0.539. The molecule has 0 amide bonds. The molecule has 1 aromatic heterocycles. The molecule has 0 aliphatic carbocycles. The first kappa shape index (κ1) is 18.8. The SMILES string of the molecule is Cc1cccc(Oc2coc3cc(OC(=O)c4ccc(Cl)cc4)ccc3c2=O)c1. The van der Waals surface area contributed by atoms with Crippen molar-refractivity contribution in [3.05, 3.63) is 99.4 Å². The minimum absolute atomic E-state index is 0.0778. The molecule has 0 saturated heterocycles. The standard InChI is InChI=1S/C23H15ClO5/c1-14-3-2-4-17(11-14)28-21-13-27-20-12-18(9-10-19(20)22(21)25)29-23(26)15-5-7-16(24)8-6-15/h2-13H,1H3. The number of ether oxygens (including phenoxy) is 2. The molecular weight excluding hydrogens is 392 g/mol. The summed E-state index contributed by atoms with van der Waals surface area (Å²) in [5, 5.41) is 0.846. The van der Waals surface area contributed by atoms with Crippen molar-refractivity contribution in [1.82, 2.24) is 0 Å². The molecule has 0 radical (unpaired) electrons. The summed E-state index contributed by atoms with van der Waals surface area (Å²) in [7, 11) is 0. The van der Waals surface area contributed by atoms with E-state index < -0.39 is 5.97 Å². The van der Waals surface area contributed by atoms with Gasteiger partial charge in [0.15, 0.2) is 0 Å². The van der Waals surface area contributed by atoms with Crippen molar-refractivity contribution in [3.8, 4) is 17.2 Å². The zero-order chi connectivity index (χ0) is 20.4. The van der Waals surface area contributed by atoms with Gasteiger partial charge >= 0.3 is 5.97 Å². The Kier molecular flexibility index (Phi) is 5.06. The molecular formula is C23H15ClO5. The lowest BCUT2D eigenvalue weighted by Crippen LogP contribution is -2.09. The molecule has 0 N–H and O–H groups in total. The third kappa shape index (κ3) is 4.15.